The number of sulfone groups is 1. The zero-order valence-corrected chi connectivity index (χ0v) is 12.7. The Hall–Kier alpha value is -1.59. The van der Waals surface area contributed by atoms with Crippen LogP contribution in [0.3, 0.4) is 0 Å². The van der Waals surface area contributed by atoms with E-state index in [1.165, 1.54) is 6.26 Å². The van der Waals surface area contributed by atoms with Crippen molar-refractivity contribution in [2.75, 3.05) is 11.6 Å². The predicted octanol–water partition coefficient (Wildman–Crippen LogP) is 3.31. The van der Waals surface area contributed by atoms with Crippen LogP contribution in [0, 0.1) is 0 Å². The van der Waals surface area contributed by atoms with Crippen LogP contribution in [0.15, 0.2) is 47.5 Å². The van der Waals surface area contributed by atoms with Crippen LogP contribution < -0.4 is 5.32 Å². The summed E-state index contributed by atoms with van der Waals surface area (Å²) in [6.45, 7) is 1.98. The van der Waals surface area contributed by atoms with Crippen molar-refractivity contribution < 1.29 is 8.42 Å². The fraction of sp³-hybridized carbons (Fsp3) is 0.214. The van der Waals surface area contributed by atoms with Crippen molar-refractivity contribution in [2.24, 2.45) is 0 Å². The minimum atomic E-state index is -3.16. The first-order valence-corrected chi connectivity index (χ1v) is 8.31. The highest BCUT2D eigenvalue weighted by Gasteiger charge is 2.09. The molecular weight excluding hydrogens is 296 g/mol. The number of nitrogens with one attached hydrogen (secondary N) is 1. The van der Waals surface area contributed by atoms with Gasteiger partial charge < -0.3 is 5.32 Å². The minimum absolute atomic E-state index is 0.0114. The molecule has 0 aliphatic heterocycles. The molecule has 0 unspecified atom stereocenters. The zero-order valence-electron chi connectivity index (χ0n) is 11.2. The summed E-state index contributed by atoms with van der Waals surface area (Å²) < 4.78 is 22.8. The summed E-state index contributed by atoms with van der Waals surface area (Å²) in [6.07, 6.45) is 2.77. The molecule has 1 atom stereocenters. The highest BCUT2D eigenvalue weighted by Crippen LogP contribution is 2.20. The number of rotatable bonds is 4. The molecule has 1 aromatic heterocycles. The normalized spacial score (nSPS) is 12.9. The Balaban J connectivity index is 2.13. The summed E-state index contributed by atoms with van der Waals surface area (Å²) in [5, 5.41) is 3.81. The molecule has 0 bridgehead atoms. The van der Waals surface area contributed by atoms with Gasteiger partial charge in [0, 0.05) is 18.5 Å². The Morgan fingerprint density at radius 3 is 2.30 bits per heavy atom. The molecule has 2 rings (SSSR count). The minimum Gasteiger partial charge on any atom is -0.364 e. The van der Waals surface area contributed by atoms with Crippen LogP contribution in [0.2, 0.25) is 5.02 Å². The lowest BCUT2D eigenvalue weighted by Crippen LogP contribution is -2.08. The SMILES string of the molecule is C[C@@H](Nc1ccc(Cl)cn1)c1ccc(S(C)(=O)=O)cc1. The van der Waals surface area contributed by atoms with Crippen LogP contribution in [-0.4, -0.2) is 19.7 Å². The molecule has 1 N–H and O–H groups in total. The lowest BCUT2D eigenvalue weighted by Gasteiger charge is -2.15. The summed E-state index contributed by atoms with van der Waals surface area (Å²) in [5.41, 5.74) is 0.981. The Morgan fingerprint density at radius 2 is 1.80 bits per heavy atom. The van der Waals surface area contributed by atoms with Crippen molar-refractivity contribution in [3.63, 3.8) is 0 Å². The Kier molecular flexibility index (Phi) is 4.30. The second-order valence-corrected chi connectivity index (χ2v) is 7.02. The molecule has 0 saturated carbocycles. The maximum atomic E-state index is 11.4. The summed E-state index contributed by atoms with van der Waals surface area (Å²) in [6, 6.07) is 10.4. The summed E-state index contributed by atoms with van der Waals surface area (Å²) in [5.74, 6) is 0.717. The third kappa shape index (κ3) is 3.71. The van der Waals surface area contributed by atoms with E-state index in [2.05, 4.69) is 10.3 Å². The van der Waals surface area contributed by atoms with Gasteiger partial charge in [0.05, 0.1) is 9.92 Å². The fourth-order valence-electron chi connectivity index (χ4n) is 1.77. The highest BCUT2D eigenvalue weighted by atomic mass is 35.5. The van der Waals surface area contributed by atoms with Gasteiger partial charge in [0.1, 0.15) is 5.82 Å². The van der Waals surface area contributed by atoms with E-state index in [1.807, 2.05) is 6.92 Å². The van der Waals surface area contributed by atoms with Crippen LogP contribution in [0.25, 0.3) is 0 Å². The largest absolute Gasteiger partial charge is 0.364 e. The van der Waals surface area contributed by atoms with Gasteiger partial charge in [0.2, 0.25) is 0 Å². The predicted molar refractivity (Wildman–Crippen MR) is 80.8 cm³/mol. The Labute approximate surface area is 123 Å². The number of halogens is 1. The second-order valence-electron chi connectivity index (χ2n) is 4.57. The number of anilines is 1. The third-order valence-corrected chi connectivity index (χ3v) is 4.25. The highest BCUT2D eigenvalue weighted by molar-refractivity contribution is 7.90. The molecule has 1 heterocycles. The first-order chi connectivity index (χ1) is 9.36. The van der Waals surface area contributed by atoms with Crippen molar-refractivity contribution in [3.05, 3.63) is 53.2 Å². The quantitative estimate of drug-likeness (QED) is 0.941. The van der Waals surface area contributed by atoms with Gasteiger partial charge in [-0.1, -0.05) is 23.7 Å². The van der Waals surface area contributed by atoms with Crippen LogP contribution in [0.1, 0.15) is 18.5 Å². The standard InChI is InChI=1S/C14H15ClN2O2S/c1-10(17-14-8-5-12(15)9-16-14)11-3-6-13(7-4-11)20(2,18)19/h3-10H,1-2H3,(H,16,17)/t10-/m1/s1. The smallest absolute Gasteiger partial charge is 0.175 e. The Bertz CT molecular complexity index is 682. The molecule has 0 radical (unpaired) electrons. The molecular formula is C14H15ClN2O2S. The van der Waals surface area contributed by atoms with E-state index < -0.39 is 9.84 Å². The third-order valence-electron chi connectivity index (χ3n) is 2.90. The van der Waals surface area contributed by atoms with Crippen molar-refractivity contribution >= 4 is 27.3 Å². The molecule has 106 valence electrons. The van der Waals surface area contributed by atoms with E-state index in [9.17, 15) is 8.42 Å². The van der Waals surface area contributed by atoms with Gasteiger partial charge in [-0.25, -0.2) is 13.4 Å². The van der Waals surface area contributed by atoms with Crippen molar-refractivity contribution in [1.29, 1.82) is 0 Å². The maximum absolute atomic E-state index is 11.4. The molecule has 6 heteroatoms. The van der Waals surface area contributed by atoms with E-state index in [0.717, 1.165) is 5.56 Å². The lowest BCUT2D eigenvalue weighted by molar-refractivity contribution is 0.602. The van der Waals surface area contributed by atoms with Gasteiger partial charge in [-0.2, -0.15) is 0 Å². The van der Waals surface area contributed by atoms with Crippen LogP contribution in [0.5, 0.6) is 0 Å². The van der Waals surface area contributed by atoms with Crippen LogP contribution >= 0.6 is 11.6 Å². The van der Waals surface area contributed by atoms with Crippen molar-refractivity contribution in [3.8, 4) is 0 Å². The van der Waals surface area contributed by atoms with E-state index in [1.54, 1.807) is 42.6 Å². The summed E-state index contributed by atoms with van der Waals surface area (Å²) in [7, 11) is -3.16. The first kappa shape index (κ1) is 14.8. The van der Waals surface area contributed by atoms with Gasteiger partial charge in [-0.05, 0) is 36.8 Å². The van der Waals surface area contributed by atoms with E-state index in [-0.39, 0.29) is 6.04 Å². The molecule has 0 aliphatic carbocycles. The van der Waals surface area contributed by atoms with Crippen molar-refractivity contribution in [2.45, 2.75) is 17.9 Å². The second kappa shape index (κ2) is 5.81. The molecule has 20 heavy (non-hydrogen) atoms. The lowest BCUT2D eigenvalue weighted by atomic mass is 10.1. The summed E-state index contributed by atoms with van der Waals surface area (Å²) in [4.78, 5) is 4.48. The van der Waals surface area contributed by atoms with Crippen LogP contribution in [-0.2, 0) is 9.84 Å². The summed E-state index contributed by atoms with van der Waals surface area (Å²) >= 11 is 5.78. The number of benzene rings is 1. The molecule has 4 nitrogen and oxygen atoms in total. The number of nitrogens with zero attached hydrogens (tertiary/aromatic N) is 1. The van der Waals surface area contributed by atoms with Crippen molar-refractivity contribution in [1.82, 2.24) is 4.98 Å². The molecule has 2 aromatic rings. The fourth-order valence-corrected chi connectivity index (χ4v) is 2.51. The molecule has 0 saturated heterocycles. The molecule has 0 amide bonds. The average molecular weight is 311 g/mol. The van der Waals surface area contributed by atoms with Gasteiger partial charge in [0.25, 0.3) is 0 Å². The van der Waals surface area contributed by atoms with Crippen LogP contribution in [0.4, 0.5) is 5.82 Å². The first-order valence-electron chi connectivity index (χ1n) is 6.04. The molecule has 0 spiro atoms. The maximum Gasteiger partial charge on any atom is 0.175 e. The van der Waals surface area contributed by atoms with E-state index >= 15 is 0 Å². The topological polar surface area (TPSA) is 59.1 Å². The number of pyridine rings is 1. The van der Waals surface area contributed by atoms with E-state index in [0.29, 0.717) is 15.7 Å². The molecule has 0 aliphatic rings. The van der Waals surface area contributed by atoms with Gasteiger partial charge in [-0.15, -0.1) is 0 Å². The number of hydrogen-bond acceptors (Lipinski definition) is 4. The molecule has 1 aromatic carbocycles. The van der Waals surface area contributed by atoms with Gasteiger partial charge >= 0.3 is 0 Å². The number of hydrogen-bond donors (Lipinski definition) is 1. The zero-order chi connectivity index (χ0) is 14.8. The molecule has 0 fully saturated rings. The number of aromatic nitrogens is 1. The van der Waals surface area contributed by atoms with Gasteiger partial charge in [-0.3, -0.25) is 0 Å². The van der Waals surface area contributed by atoms with Gasteiger partial charge in [0.15, 0.2) is 9.84 Å². The Morgan fingerprint density at radius 1 is 1.15 bits per heavy atom. The van der Waals surface area contributed by atoms with E-state index in [4.69, 9.17) is 11.6 Å². The monoisotopic (exact) mass is 310 g/mol. The average Bonchev–Trinajstić information content (AvgIpc) is 2.40.